The molecule has 0 radical (unpaired) electrons. The van der Waals surface area contributed by atoms with Gasteiger partial charge >= 0.3 is 7.12 Å². The summed E-state index contributed by atoms with van der Waals surface area (Å²) in [5.41, 5.74) is -1.35. The van der Waals surface area contributed by atoms with E-state index in [1.807, 2.05) is 27.7 Å². The van der Waals surface area contributed by atoms with Gasteiger partial charge in [-0.25, -0.2) is 8.78 Å². The number of nitrogens with zero attached hydrogens (tertiary/aromatic N) is 2. The summed E-state index contributed by atoms with van der Waals surface area (Å²) in [6.45, 7) is 7.73. The Labute approximate surface area is 158 Å². The van der Waals surface area contributed by atoms with Gasteiger partial charge in [0.1, 0.15) is 18.1 Å². The van der Waals surface area contributed by atoms with Crippen LogP contribution >= 0.6 is 0 Å². The molecule has 0 unspecified atom stereocenters. The second kappa shape index (κ2) is 7.30. The minimum absolute atomic E-state index is 0.0908. The van der Waals surface area contributed by atoms with Gasteiger partial charge in [0.2, 0.25) is 0 Å². The zero-order chi connectivity index (χ0) is 19.7. The molecule has 1 aromatic heterocycles. The third-order valence-electron chi connectivity index (χ3n) is 4.80. The Morgan fingerprint density at radius 3 is 2.59 bits per heavy atom. The van der Waals surface area contributed by atoms with E-state index in [0.717, 1.165) is 6.08 Å². The number of hydrogen-bond acceptors (Lipinski definition) is 3. The predicted octanol–water partition coefficient (Wildman–Crippen LogP) is 4.02. The largest absolute Gasteiger partial charge is 0.525 e. The standard InChI is InChI=1S/C20H21BF2N2O2/c1-19(2)20(3,4)27-21(26-19)18(23)14-16-13-15(8-9-17(16)22)7-5-11-25-12-6-10-24-25/h6,8-10,12-14H,11H2,1-4H3. The molecule has 0 spiro atoms. The summed E-state index contributed by atoms with van der Waals surface area (Å²) >= 11 is 0. The van der Waals surface area contributed by atoms with Crippen LogP contribution in [0, 0.1) is 17.7 Å². The molecule has 1 aliphatic rings. The fraction of sp³-hybridized carbons (Fsp3) is 0.350. The van der Waals surface area contributed by atoms with Crippen molar-refractivity contribution < 1.29 is 18.1 Å². The van der Waals surface area contributed by atoms with E-state index in [9.17, 15) is 8.78 Å². The predicted molar refractivity (Wildman–Crippen MR) is 101 cm³/mol. The molecule has 7 heteroatoms. The van der Waals surface area contributed by atoms with E-state index in [0.29, 0.717) is 12.1 Å². The summed E-state index contributed by atoms with van der Waals surface area (Å²) in [6, 6.07) is 6.12. The SMILES string of the molecule is CC1(C)OB(C(F)=Cc2cc(C#CCn3cccn3)ccc2F)OC1(C)C. The highest BCUT2D eigenvalue weighted by atomic mass is 19.1. The van der Waals surface area contributed by atoms with Crippen LogP contribution in [0.1, 0.15) is 38.8 Å². The first-order chi connectivity index (χ1) is 12.7. The van der Waals surface area contributed by atoms with Crippen LogP contribution in [0.25, 0.3) is 6.08 Å². The molecule has 0 atom stereocenters. The third-order valence-corrected chi connectivity index (χ3v) is 4.80. The van der Waals surface area contributed by atoms with Gasteiger partial charge in [-0.2, -0.15) is 5.10 Å². The molecule has 2 heterocycles. The molecule has 0 saturated carbocycles. The average molecular weight is 370 g/mol. The van der Waals surface area contributed by atoms with Gasteiger partial charge < -0.3 is 9.31 Å². The van der Waals surface area contributed by atoms with Crippen LogP contribution in [0.2, 0.25) is 0 Å². The van der Waals surface area contributed by atoms with Gasteiger partial charge in [-0.1, -0.05) is 11.8 Å². The lowest BCUT2D eigenvalue weighted by atomic mass is 9.86. The quantitative estimate of drug-likeness (QED) is 0.605. The minimum atomic E-state index is -1.16. The molecule has 27 heavy (non-hydrogen) atoms. The highest BCUT2D eigenvalue weighted by Crippen LogP contribution is 2.39. The molecule has 140 valence electrons. The molecular weight excluding hydrogens is 349 g/mol. The fourth-order valence-corrected chi connectivity index (χ4v) is 2.52. The van der Waals surface area contributed by atoms with Crippen LogP contribution in [0.4, 0.5) is 8.78 Å². The Kier molecular flexibility index (Phi) is 5.23. The van der Waals surface area contributed by atoms with Gasteiger partial charge in [-0.3, -0.25) is 4.68 Å². The average Bonchev–Trinajstić information content (AvgIpc) is 3.16. The van der Waals surface area contributed by atoms with Crippen LogP contribution in [-0.2, 0) is 15.9 Å². The smallest absolute Gasteiger partial charge is 0.398 e. The number of benzene rings is 1. The summed E-state index contributed by atoms with van der Waals surface area (Å²) in [4.78, 5) is 0. The molecule has 0 N–H and O–H groups in total. The van der Waals surface area contributed by atoms with Crippen LogP contribution in [0.15, 0.2) is 42.4 Å². The monoisotopic (exact) mass is 370 g/mol. The zero-order valence-electron chi connectivity index (χ0n) is 15.8. The van der Waals surface area contributed by atoms with Gasteiger partial charge in [0.25, 0.3) is 0 Å². The molecule has 1 fully saturated rings. The Bertz CT molecular complexity index is 896. The number of aromatic nitrogens is 2. The van der Waals surface area contributed by atoms with Gasteiger partial charge in [0.15, 0.2) is 0 Å². The van der Waals surface area contributed by atoms with Gasteiger partial charge in [0, 0.05) is 23.5 Å². The van der Waals surface area contributed by atoms with Crippen molar-refractivity contribution in [3.05, 3.63) is 59.3 Å². The molecule has 1 saturated heterocycles. The molecule has 1 aromatic carbocycles. The van der Waals surface area contributed by atoms with Crippen LogP contribution in [0.5, 0.6) is 0 Å². The van der Waals surface area contributed by atoms with E-state index < -0.39 is 29.9 Å². The van der Waals surface area contributed by atoms with E-state index in [1.165, 1.54) is 12.1 Å². The zero-order valence-corrected chi connectivity index (χ0v) is 15.8. The van der Waals surface area contributed by atoms with Crippen molar-refractivity contribution in [3.8, 4) is 11.8 Å². The Morgan fingerprint density at radius 1 is 1.26 bits per heavy atom. The summed E-state index contributed by atoms with van der Waals surface area (Å²) in [7, 11) is -1.16. The van der Waals surface area contributed by atoms with Gasteiger partial charge in [-0.15, -0.1) is 0 Å². The summed E-state index contributed by atoms with van der Waals surface area (Å²) in [5.74, 6) is 5.33. The van der Waals surface area contributed by atoms with Crippen molar-refractivity contribution in [3.63, 3.8) is 0 Å². The van der Waals surface area contributed by atoms with Crippen LogP contribution in [-0.4, -0.2) is 28.1 Å². The molecular formula is C20H21BF2N2O2. The summed E-state index contributed by atoms with van der Waals surface area (Å²) < 4.78 is 41.7. The maximum Gasteiger partial charge on any atom is 0.525 e. The van der Waals surface area contributed by atoms with Crippen LogP contribution < -0.4 is 0 Å². The highest BCUT2D eigenvalue weighted by Gasteiger charge is 2.53. The molecule has 3 rings (SSSR count). The maximum atomic E-state index is 14.6. The van der Waals surface area contributed by atoms with Crippen molar-refractivity contribution in [2.24, 2.45) is 0 Å². The van der Waals surface area contributed by atoms with Crippen molar-refractivity contribution in [1.29, 1.82) is 0 Å². The topological polar surface area (TPSA) is 36.3 Å². The lowest BCUT2D eigenvalue weighted by Gasteiger charge is -2.32. The molecule has 0 aliphatic carbocycles. The maximum absolute atomic E-state index is 14.6. The first kappa shape index (κ1) is 19.3. The van der Waals surface area contributed by atoms with Crippen molar-refractivity contribution >= 4 is 13.2 Å². The number of rotatable bonds is 3. The van der Waals surface area contributed by atoms with Crippen LogP contribution in [0.3, 0.4) is 0 Å². The van der Waals surface area contributed by atoms with Crippen molar-refractivity contribution in [2.45, 2.75) is 45.4 Å². The highest BCUT2D eigenvalue weighted by molar-refractivity contribution is 6.54. The first-order valence-corrected chi connectivity index (χ1v) is 8.66. The molecule has 0 bridgehead atoms. The van der Waals surface area contributed by atoms with E-state index in [4.69, 9.17) is 9.31 Å². The summed E-state index contributed by atoms with van der Waals surface area (Å²) in [6.07, 6.45) is 4.56. The third kappa shape index (κ3) is 4.29. The molecule has 0 amide bonds. The lowest BCUT2D eigenvalue weighted by molar-refractivity contribution is 0.00578. The van der Waals surface area contributed by atoms with Crippen molar-refractivity contribution in [1.82, 2.24) is 9.78 Å². The van der Waals surface area contributed by atoms with E-state index in [-0.39, 0.29) is 5.56 Å². The second-order valence-electron chi connectivity index (χ2n) is 7.36. The summed E-state index contributed by atoms with van der Waals surface area (Å²) in [5, 5.41) is 4.05. The Hall–Kier alpha value is -2.43. The van der Waals surface area contributed by atoms with Crippen molar-refractivity contribution in [2.75, 3.05) is 0 Å². The van der Waals surface area contributed by atoms with E-state index in [2.05, 4.69) is 16.9 Å². The normalized spacial score (nSPS) is 18.3. The first-order valence-electron chi connectivity index (χ1n) is 8.66. The molecule has 1 aliphatic heterocycles. The number of hydrogen-bond donors (Lipinski definition) is 0. The molecule has 4 nitrogen and oxygen atoms in total. The van der Waals surface area contributed by atoms with Gasteiger partial charge in [-0.05, 0) is 58.0 Å². The lowest BCUT2D eigenvalue weighted by Crippen LogP contribution is -2.41. The molecule has 2 aromatic rings. The Balaban J connectivity index is 1.78. The Morgan fingerprint density at radius 2 is 1.96 bits per heavy atom. The minimum Gasteiger partial charge on any atom is -0.398 e. The van der Waals surface area contributed by atoms with E-state index >= 15 is 0 Å². The number of halogens is 2. The van der Waals surface area contributed by atoms with E-state index in [1.54, 1.807) is 29.2 Å². The van der Waals surface area contributed by atoms with Gasteiger partial charge in [0.05, 0.1) is 11.2 Å². The second-order valence-corrected chi connectivity index (χ2v) is 7.36. The fourth-order valence-electron chi connectivity index (χ4n) is 2.52.